The zero-order valence-electron chi connectivity index (χ0n) is 10.4. The fraction of sp³-hybridized carbons (Fsp3) is 0.333. The third kappa shape index (κ3) is 2.26. The van der Waals surface area contributed by atoms with Gasteiger partial charge >= 0.3 is 0 Å². The molecule has 1 N–H and O–H groups in total. The number of fused-ring (bicyclic) bond motifs is 1. The standard InChI is InChI=1S/C12H14N4O2S/c1-16-8-14-12(15-16)6-13-10-7-19(17,18)11-5-3-2-4-9(10)11/h2-5,8,10,13H,6-7H2,1H3. The third-order valence-corrected chi connectivity index (χ3v) is 4.98. The summed E-state index contributed by atoms with van der Waals surface area (Å²) in [6.45, 7) is 0.454. The van der Waals surface area contributed by atoms with Crippen molar-refractivity contribution >= 4 is 9.84 Å². The number of sulfone groups is 1. The lowest BCUT2D eigenvalue weighted by atomic mass is 10.1. The molecule has 0 bridgehead atoms. The van der Waals surface area contributed by atoms with Gasteiger partial charge in [-0.2, -0.15) is 5.10 Å². The number of hydrogen-bond donors (Lipinski definition) is 1. The molecule has 0 saturated carbocycles. The van der Waals surface area contributed by atoms with Crippen LogP contribution in [0.5, 0.6) is 0 Å². The Bertz CT molecular complexity index is 708. The normalized spacial score (nSPS) is 20.4. The van der Waals surface area contributed by atoms with E-state index in [0.717, 1.165) is 5.56 Å². The molecule has 6 nitrogen and oxygen atoms in total. The SMILES string of the molecule is Cn1cnc(CNC2CS(=O)(=O)c3ccccc32)n1. The Morgan fingerprint density at radius 3 is 2.95 bits per heavy atom. The highest BCUT2D eigenvalue weighted by Gasteiger charge is 2.33. The number of nitrogens with one attached hydrogen (secondary N) is 1. The van der Waals surface area contributed by atoms with Gasteiger partial charge in [-0.05, 0) is 11.6 Å². The minimum absolute atomic E-state index is 0.0964. The second-order valence-electron chi connectivity index (χ2n) is 4.59. The maximum atomic E-state index is 12.0. The van der Waals surface area contributed by atoms with Crippen LogP contribution in [0.4, 0.5) is 0 Å². The van der Waals surface area contributed by atoms with Gasteiger partial charge in [-0.15, -0.1) is 0 Å². The van der Waals surface area contributed by atoms with Crippen molar-refractivity contribution in [3.63, 3.8) is 0 Å². The predicted octanol–water partition coefficient (Wildman–Crippen LogP) is 0.433. The van der Waals surface area contributed by atoms with Crippen molar-refractivity contribution in [1.82, 2.24) is 20.1 Å². The Kier molecular flexibility index (Phi) is 2.87. The van der Waals surface area contributed by atoms with Crippen LogP contribution in [0.2, 0.25) is 0 Å². The molecule has 0 spiro atoms. The largest absolute Gasteiger partial charge is 0.302 e. The van der Waals surface area contributed by atoms with E-state index < -0.39 is 9.84 Å². The van der Waals surface area contributed by atoms with Crippen LogP contribution in [0.3, 0.4) is 0 Å². The highest BCUT2D eigenvalue weighted by molar-refractivity contribution is 7.91. The smallest absolute Gasteiger partial charge is 0.180 e. The predicted molar refractivity (Wildman–Crippen MR) is 69.1 cm³/mol. The average molecular weight is 278 g/mol. The maximum absolute atomic E-state index is 12.0. The zero-order valence-corrected chi connectivity index (χ0v) is 11.3. The Labute approximate surface area is 111 Å². The molecule has 0 radical (unpaired) electrons. The molecule has 1 aromatic carbocycles. The molecule has 2 heterocycles. The zero-order chi connectivity index (χ0) is 13.5. The third-order valence-electron chi connectivity index (χ3n) is 3.17. The summed E-state index contributed by atoms with van der Waals surface area (Å²) in [5.41, 5.74) is 0.832. The molecule has 3 rings (SSSR count). The molecule has 1 atom stereocenters. The fourth-order valence-electron chi connectivity index (χ4n) is 2.30. The maximum Gasteiger partial charge on any atom is 0.180 e. The minimum Gasteiger partial charge on any atom is -0.302 e. The van der Waals surface area contributed by atoms with Gasteiger partial charge in [-0.3, -0.25) is 4.68 Å². The van der Waals surface area contributed by atoms with E-state index in [0.29, 0.717) is 17.3 Å². The second-order valence-corrected chi connectivity index (χ2v) is 6.59. The van der Waals surface area contributed by atoms with E-state index in [1.807, 2.05) is 12.1 Å². The Balaban J connectivity index is 1.80. The van der Waals surface area contributed by atoms with Gasteiger partial charge < -0.3 is 5.32 Å². The van der Waals surface area contributed by atoms with E-state index in [1.165, 1.54) is 0 Å². The van der Waals surface area contributed by atoms with Gasteiger partial charge in [0.2, 0.25) is 0 Å². The lowest BCUT2D eigenvalue weighted by Crippen LogP contribution is -2.23. The topological polar surface area (TPSA) is 76.9 Å². The van der Waals surface area contributed by atoms with E-state index in [9.17, 15) is 8.42 Å². The molecular formula is C12H14N4O2S. The van der Waals surface area contributed by atoms with Crippen molar-refractivity contribution in [2.45, 2.75) is 17.5 Å². The average Bonchev–Trinajstić information content (AvgIpc) is 2.90. The molecule has 0 fully saturated rings. The molecule has 0 aliphatic carbocycles. The molecule has 1 unspecified atom stereocenters. The van der Waals surface area contributed by atoms with Crippen molar-refractivity contribution in [2.24, 2.45) is 7.05 Å². The first-order valence-electron chi connectivity index (χ1n) is 5.96. The number of nitrogens with zero attached hydrogens (tertiary/aromatic N) is 3. The van der Waals surface area contributed by atoms with Gasteiger partial charge in [-0.25, -0.2) is 13.4 Å². The van der Waals surface area contributed by atoms with E-state index in [-0.39, 0.29) is 11.8 Å². The molecule has 1 aliphatic heterocycles. The number of rotatable bonds is 3. The van der Waals surface area contributed by atoms with Gasteiger partial charge in [0.15, 0.2) is 15.7 Å². The van der Waals surface area contributed by atoms with Crippen LogP contribution in [-0.2, 0) is 23.4 Å². The summed E-state index contributed by atoms with van der Waals surface area (Å²) in [5, 5.41) is 7.36. The van der Waals surface area contributed by atoms with Crippen molar-refractivity contribution in [3.8, 4) is 0 Å². The van der Waals surface area contributed by atoms with E-state index in [4.69, 9.17) is 0 Å². The lowest BCUT2D eigenvalue weighted by Gasteiger charge is -2.10. The van der Waals surface area contributed by atoms with Crippen LogP contribution in [-0.4, -0.2) is 28.9 Å². The molecule has 1 aliphatic rings. The molecule has 0 saturated heterocycles. The Morgan fingerprint density at radius 1 is 1.42 bits per heavy atom. The quantitative estimate of drug-likeness (QED) is 0.881. The van der Waals surface area contributed by atoms with Gasteiger partial charge in [-0.1, -0.05) is 18.2 Å². The van der Waals surface area contributed by atoms with Crippen molar-refractivity contribution in [3.05, 3.63) is 42.0 Å². The number of benzene rings is 1. The van der Waals surface area contributed by atoms with E-state index in [2.05, 4.69) is 15.4 Å². The molecule has 7 heteroatoms. The van der Waals surface area contributed by atoms with Crippen molar-refractivity contribution in [2.75, 3.05) is 5.75 Å². The summed E-state index contributed by atoms with van der Waals surface area (Å²) in [6.07, 6.45) is 1.62. The number of hydrogen-bond acceptors (Lipinski definition) is 5. The van der Waals surface area contributed by atoms with Gasteiger partial charge in [0.1, 0.15) is 6.33 Å². The molecule has 0 amide bonds. The van der Waals surface area contributed by atoms with Crippen LogP contribution >= 0.6 is 0 Å². The molecule has 100 valence electrons. The number of aryl methyl sites for hydroxylation is 1. The molecule has 1 aromatic heterocycles. The molecular weight excluding hydrogens is 264 g/mol. The van der Waals surface area contributed by atoms with Crippen LogP contribution in [0.25, 0.3) is 0 Å². The first-order valence-corrected chi connectivity index (χ1v) is 7.61. The first-order chi connectivity index (χ1) is 9.06. The van der Waals surface area contributed by atoms with E-state index >= 15 is 0 Å². The summed E-state index contributed by atoms with van der Waals surface area (Å²) in [4.78, 5) is 4.54. The Morgan fingerprint density at radius 2 is 2.21 bits per heavy atom. The van der Waals surface area contributed by atoms with Gasteiger partial charge in [0, 0.05) is 13.1 Å². The fourth-order valence-corrected chi connectivity index (χ4v) is 4.07. The van der Waals surface area contributed by atoms with Gasteiger partial charge in [0.05, 0.1) is 17.2 Å². The van der Waals surface area contributed by atoms with Crippen molar-refractivity contribution in [1.29, 1.82) is 0 Å². The summed E-state index contributed by atoms with van der Waals surface area (Å²) >= 11 is 0. The summed E-state index contributed by atoms with van der Waals surface area (Å²) in [5.74, 6) is 0.753. The highest BCUT2D eigenvalue weighted by Crippen LogP contribution is 2.32. The van der Waals surface area contributed by atoms with Crippen LogP contribution in [0, 0.1) is 0 Å². The van der Waals surface area contributed by atoms with Crippen molar-refractivity contribution < 1.29 is 8.42 Å². The second kappa shape index (κ2) is 4.43. The van der Waals surface area contributed by atoms with E-state index in [1.54, 1.807) is 30.2 Å². The first kappa shape index (κ1) is 12.3. The van der Waals surface area contributed by atoms with Gasteiger partial charge in [0.25, 0.3) is 0 Å². The molecule has 19 heavy (non-hydrogen) atoms. The van der Waals surface area contributed by atoms with Crippen LogP contribution in [0.1, 0.15) is 17.4 Å². The monoisotopic (exact) mass is 278 g/mol. The summed E-state index contributed by atoms with van der Waals surface area (Å²) in [7, 11) is -1.37. The highest BCUT2D eigenvalue weighted by atomic mass is 32.2. The minimum atomic E-state index is -3.16. The summed E-state index contributed by atoms with van der Waals surface area (Å²) in [6, 6.07) is 6.92. The Hall–Kier alpha value is -1.73. The van der Waals surface area contributed by atoms with Crippen LogP contribution in [0.15, 0.2) is 35.5 Å². The molecule has 2 aromatic rings. The number of aromatic nitrogens is 3. The van der Waals surface area contributed by atoms with Crippen LogP contribution < -0.4 is 5.32 Å². The summed E-state index contributed by atoms with van der Waals surface area (Å²) < 4.78 is 25.6. The lowest BCUT2D eigenvalue weighted by molar-refractivity contribution is 0.553.